The summed E-state index contributed by atoms with van der Waals surface area (Å²) in [7, 11) is 1.30. The van der Waals surface area contributed by atoms with Gasteiger partial charge in [0.1, 0.15) is 12.4 Å². The molecule has 160 valence electrons. The minimum atomic E-state index is -0.484. The molecule has 1 aromatic rings. The van der Waals surface area contributed by atoms with E-state index in [9.17, 15) is 14.4 Å². The molecule has 0 saturated carbocycles. The third-order valence-corrected chi connectivity index (χ3v) is 3.92. The minimum absolute atomic E-state index is 0.180. The van der Waals surface area contributed by atoms with Crippen molar-refractivity contribution < 1.29 is 23.9 Å². The average molecular weight is 412 g/mol. The second-order valence-corrected chi connectivity index (χ2v) is 6.48. The van der Waals surface area contributed by atoms with Gasteiger partial charge in [-0.05, 0) is 42.7 Å². The topological polar surface area (TPSA) is 108 Å². The molecule has 0 aliphatic heterocycles. The monoisotopic (exact) mass is 412 g/mol. The Kier molecular flexibility index (Phi) is 10.4. The van der Waals surface area contributed by atoms with Crippen LogP contribution in [0, 0.1) is 0 Å². The van der Waals surface area contributed by atoms with Crippen molar-refractivity contribution in [2.24, 2.45) is 5.73 Å². The van der Waals surface area contributed by atoms with Crippen LogP contribution < -0.4 is 11.1 Å². The van der Waals surface area contributed by atoms with Gasteiger partial charge < -0.3 is 20.5 Å². The summed E-state index contributed by atoms with van der Waals surface area (Å²) in [5.74, 6) is -0.573. The summed E-state index contributed by atoms with van der Waals surface area (Å²) < 4.78 is 10.5. The van der Waals surface area contributed by atoms with Crippen LogP contribution in [0.3, 0.4) is 0 Å². The van der Waals surface area contributed by atoms with Crippen molar-refractivity contribution in [2.75, 3.05) is 12.4 Å². The Bertz CT molecular complexity index is 851. The number of carbonyl (C=O) groups excluding carboxylic acids is 3. The average Bonchev–Trinajstić information content (AvgIpc) is 2.70. The molecule has 0 spiro atoms. The van der Waals surface area contributed by atoms with Crippen LogP contribution in [0.5, 0.6) is 0 Å². The molecular formula is C23H28N2O5. The fourth-order valence-corrected chi connectivity index (χ4v) is 2.40. The maximum absolute atomic E-state index is 11.9. The molecule has 0 atom stereocenters. The third-order valence-electron chi connectivity index (χ3n) is 3.92. The number of carbonyl (C=O) groups is 3. The first-order valence-electron chi connectivity index (χ1n) is 9.35. The first-order chi connectivity index (χ1) is 14.3. The Morgan fingerprint density at radius 1 is 1.13 bits per heavy atom. The fourth-order valence-electron chi connectivity index (χ4n) is 2.40. The second-order valence-electron chi connectivity index (χ2n) is 6.48. The largest absolute Gasteiger partial charge is 0.488 e. The summed E-state index contributed by atoms with van der Waals surface area (Å²) in [6, 6.07) is 7.18. The van der Waals surface area contributed by atoms with E-state index in [1.165, 1.54) is 13.2 Å². The number of allylic oxidation sites excluding steroid dienone is 4. The zero-order valence-electron chi connectivity index (χ0n) is 17.4. The van der Waals surface area contributed by atoms with Crippen molar-refractivity contribution in [3.63, 3.8) is 0 Å². The summed E-state index contributed by atoms with van der Waals surface area (Å²) >= 11 is 0. The lowest BCUT2D eigenvalue weighted by atomic mass is 10.1. The maximum Gasteiger partial charge on any atom is 0.330 e. The predicted molar refractivity (Wildman–Crippen MR) is 116 cm³/mol. The first kappa shape index (κ1) is 24.4. The van der Waals surface area contributed by atoms with E-state index in [-0.39, 0.29) is 25.4 Å². The van der Waals surface area contributed by atoms with E-state index in [4.69, 9.17) is 10.5 Å². The van der Waals surface area contributed by atoms with E-state index in [0.717, 1.165) is 5.56 Å². The van der Waals surface area contributed by atoms with Crippen LogP contribution >= 0.6 is 0 Å². The minimum Gasteiger partial charge on any atom is -0.488 e. The number of amides is 2. The number of nitrogens with two attached hydrogens (primary N) is 1. The molecule has 0 radical (unpaired) electrons. The molecule has 3 N–H and O–H groups in total. The number of nitrogens with one attached hydrogen (secondary N) is 1. The van der Waals surface area contributed by atoms with Crippen LogP contribution in [-0.4, -0.2) is 24.9 Å². The van der Waals surface area contributed by atoms with E-state index in [1.807, 2.05) is 12.1 Å². The van der Waals surface area contributed by atoms with Crippen LogP contribution in [0.1, 0.15) is 31.7 Å². The highest BCUT2D eigenvalue weighted by molar-refractivity contribution is 5.91. The van der Waals surface area contributed by atoms with E-state index in [0.29, 0.717) is 29.0 Å². The number of primary amides is 1. The Hall–Kier alpha value is -3.61. The Morgan fingerprint density at radius 3 is 2.33 bits per heavy atom. The van der Waals surface area contributed by atoms with Crippen LogP contribution in [0.15, 0.2) is 72.6 Å². The second kappa shape index (κ2) is 12.8. The highest BCUT2D eigenvalue weighted by atomic mass is 16.5. The SMILES string of the molecule is C=CC(/C=C/C(=O)OC)=C(/OCc1ccc(NC(=O)CCCC(N)=O)cc1)C(=C)C. The molecule has 7 nitrogen and oxygen atoms in total. The van der Waals surface area contributed by atoms with Gasteiger partial charge in [0.05, 0.1) is 7.11 Å². The third kappa shape index (κ3) is 9.05. The molecule has 1 aromatic carbocycles. The molecule has 0 saturated heterocycles. The molecule has 0 bridgehead atoms. The van der Waals surface area contributed by atoms with Gasteiger partial charge in [0, 0.05) is 30.2 Å². The summed E-state index contributed by atoms with van der Waals surface area (Å²) in [4.78, 5) is 33.9. The highest BCUT2D eigenvalue weighted by Gasteiger charge is 2.08. The number of methoxy groups -OCH3 is 1. The highest BCUT2D eigenvalue weighted by Crippen LogP contribution is 2.20. The standard InChI is InChI=1S/C23H28N2O5/c1-5-18(11-14-22(28)29-4)23(16(2)3)30-15-17-9-12-19(13-10-17)25-21(27)8-6-7-20(24)26/h5,9-14H,1-2,6-8,15H2,3-4H3,(H2,24,26)(H,25,27)/b14-11+,23-18-. The smallest absolute Gasteiger partial charge is 0.330 e. The lowest BCUT2D eigenvalue weighted by Gasteiger charge is -2.13. The maximum atomic E-state index is 11.9. The number of hydrogen-bond acceptors (Lipinski definition) is 5. The Labute approximate surface area is 176 Å². The molecule has 0 heterocycles. The summed E-state index contributed by atoms with van der Waals surface area (Å²) in [5.41, 5.74) is 7.86. The van der Waals surface area contributed by atoms with E-state index in [1.54, 1.807) is 31.2 Å². The van der Waals surface area contributed by atoms with Crippen molar-refractivity contribution in [1.29, 1.82) is 0 Å². The summed E-state index contributed by atoms with van der Waals surface area (Å²) in [6.07, 6.45) is 5.23. The van der Waals surface area contributed by atoms with Crippen molar-refractivity contribution in [1.82, 2.24) is 0 Å². The normalized spacial score (nSPS) is 11.4. The van der Waals surface area contributed by atoms with Gasteiger partial charge in [-0.25, -0.2) is 4.79 Å². The number of hydrogen-bond donors (Lipinski definition) is 2. The first-order valence-corrected chi connectivity index (χ1v) is 9.35. The van der Waals surface area contributed by atoms with Crippen LogP contribution in [0.25, 0.3) is 0 Å². The molecule has 7 heteroatoms. The molecule has 2 amide bonds. The molecule has 0 fully saturated rings. The summed E-state index contributed by atoms with van der Waals surface area (Å²) in [6.45, 7) is 9.71. The molecule has 0 aliphatic rings. The molecule has 0 aliphatic carbocycles. The van der Waals surface area contributed by atoms with Gasteiger partial charge in [0.2, 0.25) is 11.8 Å². The van der Waals surface area contributed by atoms with Crippen LogP contribution in [0.4, 0.5) is 5.69 Å². The van der Waals surface area contributed by atoms with Gasteiger partial charge in [0.15, 0.2) is 0 Å². The number of rotatable bonds is 12. The zero-order chi connectivity index (χ0) is 22.5. The van der Waals surface area contributed by atoms with Crippen molar-refractivity contribution in [3.05, 3.63) is 78.1 Å². The van der Waals surface area contributed by atoms with Gasteiger partial charge >= 0.3 is 5.97 Å². The van der Waals surface area contributed by atoms with E-state index in [2.05, 4.69) is 23.2 Å². The summed E-state index contributed by atoms with van der Waals surface area (Å²) in [5, 5.41) is 2.76. The van der Waals surface area contributed by atoms with Gasteiger partial charge in [-0.15, -0.1) is 0 Å². The number of esters is 1. The van der Waals surface area contributed by atoms with Crippen LogP contribution in [-0.2, 0) is 30.5 Å². The Balaban J connectivity index is 2.74. The molecule has 30 heavy (non-hydrogen) atoms. The molecular weight excluding hydrogens is 384 g/mol. The molecule has 0 aromatic heterocycles. The van der Waals surface area contributed by atoms with Gasteiger partial charge in [-0.2, -0.15) is 0 Å². The molecule has 0 unspecified atom stereocenters. The number of benzene rings is 1. The lowest BCUT2D eigenvalue weighted by molar-refractivity contribution is -0.134. The number of ether oxygens (including phenoxy) is 2. The number of anilines is 1. The van der Waals surface area contributed by atoms with Crippen molar-refractivity contribution in [3.8, 4) is 0 Å². The Morgan fingerprint density at radius 2 is 1.80 bits per heavy atom. The van der Waals surface area contributed by atoms with E-state index >= 15 is 0 Å². The quantitative estimate of drug-likeness (QED) is 0.236. The molecule has 1 rings (SSSR count). The lowest BCUT2D eigenvalue weighted by Crippen LogP contribution is -2.14. The fraction of sp³-hybridized carbons (Fsp3) is 0.261. The van der Waals surface area contributed by atoms with Gasteiger partial charge in [-0.1, -0.05) is 31.4 Å². The van der Waals surface area contributed by atoms with Crippen molar-refractivity contribution >= 4 is 23.5 Å². The van der Waals surface area contributed by atoms with Gasteiger partial charge in [0.25, 0.3) is 0 Å². The van der Waals surface area contributed by atoms with Crippen LogP contribution in [0.2, 0.25) is 0 Å². The predicted octanol–water partition coefficient (Wildman–Crippen LogP) is 3.54. The van der Waals surface area contributed by atoms with Crippen molar-refractivity contribution in [2.45, 2.75) is 32.8 Å². The van der Waals surface area contributed by atoms with Gasteiger partial charge in [-0.3, -0.25) is 9.59 Å². The van der Waals surface area contributed by atoms with E-state index < -0.39 is 11.9 Å². The zero-order valence-corrected chi connectivity index (χ0v) is 17.4.